The summed E-state index contributed by atoms with van der Waals surface area (Å²) in [5.74, 6) is -2.96. The van der Waals surface area contributed by atoms with Crippen molar-refractivity contribution in [3.8, 4) is 0 Å². The highest BCUT2D eigenvalue weighted by Crippen LogP contribution is 2.14. The van der Waals surface area contributed by atoms with Gasteiger partial charge in [0.25, 0.3) is 0 Å². The molecule has 0 radical (unpaired) electrons. The van der Waals surface area contributed by atoms with Gasteiger partial charge in [0.05, 0.1) is 26.4 Å². The average Bonchev–Trinajstić information content (AvgIpc) is 3.42. The summed E-state index contributed by atoms with van der Waals surface area (Å²) in [6, 6.07) is 33.1. The lowest BCUT2D eigenvalue weighted by Crippen LogP contribution is -2.59. The van der Waals surface area contributed by atoms with E-state index in [0.29, 0.717) is 57.2 Å². The van der Waals surface area contributed by atoms with Crippen LogP contribution in [0.25, 0.3) is 0 Å². The zero-order chi connectivity index (χ0) is 54.8. The van der Waals surface area contributed by atoms with Crippen molar-refractivity contribution >= 4 is 64.9 Å². The van der Waals surface area contributed by atoms with E-state index >= 15 is 0 Å². The summed E-state index contributed by atoms with van der Waals surface area (Å²) in [6.07, 6.45) is 5.80. The van der Waals surface area contributed by atoms with Crippen LogP contribution in [0, 0.1) is 5.92 Å². The highest BCUT2D eigenvalue weighted by atomic mass is 32.2. The molecule has 4 aromatic carbocycles. The molecule has 4 aromatic rings. The number of benzene rings is 4. The number of carboxylic acid groups (broad SMARTS) is 1. The number of amides is 6. The Morgan fingerprint density at radius 1 is 0.500 bits per heavy atom. The summed E-state index contributed by atoms with van der Waals surface area (Å²) >= 11 is 2.82. The Morgan fingerprint density at radius 3 is 1.30 bits per heavy atom. The van der Waals surface area contributed by atoms with Gasteiger partial charge < -0.3 is 46.9 Å². The van der Waals surface area contributed by atoms with Gasteiger partial charge in [0.2, 0.25) is 35.4 Å². The Morgan fingerprint density at radius 2 is 0.895 bits per heavy atom. The molecule has 0 aromatic heterocycles. The highest BCUT2D eigenvalue weighted by molar-refractivity contribution is 7.99. The minimum Gasteiger partial charge on any atom is -0.480 e. The van der Waals surface area contributed by atoms with Gasteiger partial charge in [-0.15, -0.1) is 0 Å². The zero-order valence-electron chi connectivity index (χ0n) is 44.0. The second kappa shape index (κ2) is 36.7. The lowest BCUT2D eigenvalue weighted by atomic mass is 9.97. The van der Waals surface area contributed by atoms with Crippen LogP contribution in [-0.4, -0.2) is 126 Å². The van der Waals surface area contributed by atoms with E-state index in [1.807, 2.05) is 111 Å². The molecule has 8 N–H and O–H groups in total. The lowest BCUT2D eigenvalue weighted by Gasteiger charge is -2.28. The highest BCUT2D eigenvalue weighted by Gasteiger charge is 2.32. The fourth-order valence-electron chi connectivity index (χ4n) is 7.99. The van der Waals surface area contributed by atoms with Crippen LogP contribution >= 0.6 is 23.5 Å². The molecule has 0 fully saturated rings. The van der Waals surface area contributed by atoms with Crippen LogP contribution in [0.3, 0.4) is 0 Å². The first-order valence-electron chi connectivity index (χ1n) is 26.3. The van der Waals surface area contributed by atoms with Gasteiger partial charge in [-0.3, -0.25) is 28.8 Å². The molecule has 0 aliphatic rings. The van der Waals surface area contributed by atoms with E-state index in [4.69, 9.17) is 15.2 Å². The number of hydrogen-bond acceptors (Lipinski definition) is 11. The summed E-state index contributed by atoms with van der Waals surface area (Å²) in [6.45, 7) is 4.99. The second-order valence-corrected chi connectivity index (χ2v) is 20.9. The Bertz CT molecular complexity index is 2340. The Balaban J connectivity index is 1.23. The van der Waals surface area contributed by atoms with Crippen LogP contribution in [0.1, 0.15) is 81.0 Å². The summed E-state index contributed by atoms with van der Waals surface area (Å²) in [7, 11) is 0. The van der Waals surface area contributed by atoms with Gasteiger partial charge in [-0.25, -0.2) is 4.79 Å². The van der Waals surface area contributed by atoms with Crippen molar-refractivity contribution in [1.82, 2.24) is 26.6 Å². The normalized spacial score (nSPS) is 13.4. The monoisotopic (exact) mass is 1080 g/mol. The quantitative estimate of drug-likeness (QED) is 0.0261. The van der Waals surface area contributed by atoms with Crippen molar-refractivity contribution in [3.63, 3.8) is 0 Å². The molecular weight excluding hydrogens is 1000 g/mol. The molecule has 4 rings (SSSR count). The summed E-state index contributed by atoms with van der Waals surface area (Å²) in [5, 5.41) is 23.9. The number of hydrogen-bond donors (Lipinski definition) is 7. The number of thioether (sulfide) groups is 2. The van der Waals surface area contributed by atoms with Crippen LogP contribution < -0.4 is 32.3 Å². The number of nitrogens with one attached hydrogen (secondary N) is 5. The maximum atomic E-state index is 14.0. The number of aryl methyl sites for hydroxylation is 2. The second-order valence-electron chi connectivity index (χ2n) is 18.6. The molecule has 6 atom stereocenters. The number of ether oxygens (including phenoxy) is 2. The number of carbonyl (C=O) groups is 7. The molecule has 412 valence electrons. The van der Waals surface area contributed by atoms with Gasteiger partial charge in [0.1, 0.15) is 30.2 Å². The number of primary amides is 1. The van der Waals surface area contributed by atoms with E-state index in [0.717, 1.165) is 36.8 Å². The summed E-state index contributed by atoms with van der Waals surface area (Å²) in [5.41, 5.74) is 9.64. The number of carboxylic acids is 1. The van der Waals surface area contributed by atoms with Crippen LogP contribution in [0.2, 0.25) is 0 Å². The molecule has 16 nitrogen and oxygen atoms in total. The smallest absolute Gasteiger partial charge is 0.326 e. The molecule has 0 saturated heterocycles. The SMILES string of the molecule is CCC(C)[C@H](NC(=O)[C@H](CSCCOCCOCCSC[C@H](NC(=O)CCCCc1ccccc1)C(=O)N[C@@H](Cc1ccccc1)C(=O)O)NC(=O)CCCCc1ccccc1)C(=O)N[C@@H](Cc1ccccc1)C(N)=O. The fraction of sp³-hybridized carbons (Fsp3) is 0.466. The zero-order valence-corrected chi connectivity index (χ0v) is 45.6. The third-order valence-corrected chi connectivity index (χ3v) is 14.6. The van der Waals surface area contributed by atoms with E-state index in [9.17, 15) is 38.7 Å². The van der Waals surface area contributed by atoms with Crippen LogP contribution in [0.5, 0.6) is 0 Å². The Hall–Kier alpha value is -6.21. The van der Waals surface area contributed by atoms with E-state index < -0.39 is 59.8 Å². The summed E-state index contributed by atoms with van der Waals surface area (Å²) < 4.78 is 11.6. The van der Waals surface area contributed by atoms with E-state index in [1.165, 1.54) is 34.7 Å². The number of aliphatic carboxylic acids is 1. The van der Waals surface area contributed by atoms with Crippen molar-refractivity contribution in [1.29, 1.82) is 0 Å². The molecule has 1 unspecified atom stereocenters. The fourth-order valence-corrected chi connectivity index (χ4v) is 9.74. The minimum absolute atomic E-state index is 0.0919. The van der Waals surface area contributed by atoms with Crippen molar-refractivity contribution in [2.75, 3.05) is 49.4 Å². The van der Waals surface area contributed by atoms with E-state index in [2.05, 4.69) is 26.6 Å². The van der Waals surface area contributed by atoms with Crippen molar-refractivity contribution in [2.45, 2.75) is 115 Å². The molecule has 0 aliphatic carbocycles. The molecule has 6 amide bonds. The van der Waals surface area contributed by atoms with Gasteiger partial charge in [-0.2, -0.15) is 23.5 Å². The van der Waals surface area contributed by atoms with Gasteiger partial charge in [0.15, 0.2) is 0 Å². The number of unbranched alkanes of at least 4 members (excludes halogenated alkanes) is 2. The summed E-state index contributed by atoms with van der Waals surface area (Å²) in [4.78, 5) is 92.1. The molecule has 0 spiro atoms. The molecule has 76 heavy (non-hydrogen) atoms. The maximum absolute atomic E-state index is 14.0. The minimum atomic E-state index is -1.18. The largest absolute Gasteiger partial charge is 0.480 e. The molecule has 18 heteroatoms. The topological polar surface area (TPSA) is 244 Å². The average molecular weight is 1080 g/mol. The Labute approximate surface area is 456 Å². The number of rotatable bonds is 39. The predicted molar refractivity (Wildman–Crippen MR) is 301 cm³/mol. The van der Waals surface area contributed by atoms with E-state index in [-0.39, 0.29) is 54.9 Å². The maximum Gasteiger partial charge on any atom is 0.326 e. The first-order chi connectivity index (χ1) is 36.8. The van der Waals surface area contributed by atoms with Crippen LogP contribution in [0.4, 0.5) is 0 Å². The number of carbonyl (C=O) groups excluding carboxylic acids is 6. The third kappa shape index (κ3) is 25.6. The van der Waals surface area contributed by atoms with Crippen LogP contribution in [0.15, 0.2) is 121 Å². The Kier molecular flexibility index (Phi) is 30.1. The molecule has 0 aliphatic heterocycles. The van der Waals surface area contributed by atoms with Gasteiger partial charge in [0, 0.05) is 48.7 Å². The van der Waals surface area contributed by atoms with Gasteiger partial charge in [-0.1, -0.05) is 142 Å². The van der Waals surface area contributed by atoms with Crippen molar-refractivity contribution < 1.29 is 48.1 Å². The third-order valence-electron chi connectivity index (χ3n) is 12.5. The molecule has 0 bridgehead atoms. The van der Waals surface area contributed by atoms with Crippen LogP contribution in [-0.2, 0) is 68.7 Å². The molecule has 0 heterocycles. The van der Waals surface area contributed by atoms with Crippen molar-refractivity contribution in [3.05, 3.63) is 144 Å². The first kappa shape index (κ1) is 62.3. The standard InChI is InChI=1S/C58H78N6O10S2/c1-3-42(2)53(57(70)62-47(54(59)67)38-45-26-12-6-13-27-45)64-56(69)50(61-52(66)31-19-17-25-44-22-10-5-11-23-44)41-76-37-35-74-33-32-73-34-36-75-40-49(60-51(65)30-18-16-24-43-20-8-4-9-21-43)55(68)63-48(58(71)72)39-46-28-14-7-15-29-46/h4-15,20-23,26-29,42,47-50,53H,3,16-19,24-25,30-41H2,1-2H3,(H2,59,67)(H,60,65)(H,61,66)(H,62,70)(H,63,68)(H,64,69)(H,71,72)/t42?,47-,48-,49-,50-,53-/m0/s1. The first-order valence-corrected chi connectivity index (χ1v) is 28.6. The number of nitrogens with two attached hydrogens (primary N) is 1. The van der Waals surface area contributed by atoms with Crippen molar-refractivity contribution in [2.24, 2.45) is 11.7 Å². The predicted octanol–water partition coefficient (Wildman–Crippen LogP) is 5.84. The lowest BCUT2D eigenvalue weighted by molar-refractivity contribution is -0.142. The van der Waals surface area contributed by atoms with E-state index in [1.54, 1.807) is 24.3 Å². The molecule has 0 saturated carbocycles. The van der Waals surface area contributed by atoms with Gasteiger partial charge >= 0.3 is 5.97 Å². The molecular formula is C58H78N6O10S2. The van der Waals surface area contributed by atoms with Gasteiger partial charge in [-0.05, 0) is 66.7 Å².